The van der Waals surface area contributed by atoms with E-state index in [2.05, 4.69) is 91.9 Å². The minimum atomic E-state index is 0. The summed E-state index contributed by atoms with van der Waals surface area (Å²) < 4.78 is 0. The highest BCUT2D eigenvalue weighted by Gasteiger charge is 2.25. The van der Waals surface area contributed by atoms with Gasteiger partial charge in [0.1, 0.15) is 0 Å². The molecule has 0 bridgehead atoms. The van der Waals surface area contributed by atoms with E-state index in [0.717, 1.165) is 12.8 Å². The Hall–Kier alpha value is -3.12. The molecule has 0 nitrogen and oxygen atoms in total. The van der Waals surface area contributed by atoms with Crippen molar-refractivity contribution < 1.29 is 1.43 Å². The van der Waals surface area contributed by atoms with Crippen LogP contribution < -0.4 is 0 Å². The molecule has 0 spiro atoms. The van der Waals surface area contributed by atoms with Crippen LogP contribution in [0.15, 0.2) is 84.9 Å². The zero-order valence-corrected chi connectivity index (χ0v) is 16.1. The van der Waals surface area contributed by atoms with E-state index >= 15 is 0 Å². The summed E-state index contributed by atoms with van der Waals surface area (Å²) in [7, 11) is 0. The standard InChI is InChI=1S/C28H22.H2/c1-18-23-7-4-5-9-26(23)27-15-13-21(17-28(18)27)20-12-14-25-22(16-20)11-10-19-6-2-3-8-24(19)25;/h2-9,12-18H,10-11H2,1H3;1H. The molecule has 0 aromatic heterocycles. The summed E-state index contributed by atoms with van der Waals surface area (Å²) in [6.45, 7) is 2.33. The Kier molecular flexibility index (Phi) is 3.37. The molecule has 4 aromatic carbocycles. The Morgan fingerprint density at radius 3 is 2.07 bits per heavy atom. The summed E-state index contributed by atoms with van der Waals surface area (Å²) in [6, 6.07) is 31.8. The van der Waals surface area contributed by atoms with Gasteiger partial charge < -0.3 is 0 Å². The highest BCUT2D eigenvalue weighted by atomic mass is 14.3. The van der Waals surface area contributed by atoms with Crippen molar-refractivity contribution in [3.63, 3.8) is 0 Å². The average Bonchev–Trinajstić information content (AvgIpc) is 3.05. The van der Waals surface area contributed by atoms with Gasteiger partial charge in [0.2, 0.25) is 0 Å². The first-order valence-corrected chi connectivity index (χ1v) is 10.2. The van der Waals surface area contributed by atoms with Crippen molar-refractivity contribution in [1.29, 1.82) is 0 Å². The maximum absolute atomic E-state index is 2.42. The molecule has 6 rings (SSSR count). The fraction of sp³-hybridized carbons (Fsp3) is 0.143. The summed E-state index contributed by atoms with van der Waals surface area (Å²) in [4.78, 5) is 0. The Morgan fingerprint density at radius 1 is 0.571 bits per heavy atom. The van der Waals surface area contributed by atoms with Gasteiger partial charge in [0.25, 0.3) is 0 Å². The SMILES string of the molecule is CC1c2ccccc2-c2ccc(-c3ccc4c(c3)CCc3ccccc3-4)cc21.[HH]. The molecule has 0 aliphatic heterocycles. The normalized spacial score (nSPS) is 16.1. The van der Waals surface area contributed by atoms with E-state index in [1.165, 1.54) is 55.6 Å². The molecule has 0 saturated heterocycles. The first-order valence-electron chi connectivity index (χ1n) is 10.2. The van der Waals surface area contributed by atoms with Gasteiger partial charge in [-0.15, -0.1) is 0 Å². The molecule has 0 radical (unpaired) electrons. The molecule has 0 N–H and O–H groups in total. The minimum absolute atomic E-state index is 0. The van der Waals surface area contributed by atoms with Crippen molar-refractivity contribution in [2.75, 3.05) is 0 Å². The molecule has 28 heavy (non-hydrogen) atoms. The predicted molar refractivity (Wildman–Crippen MR) is 120 cm³/mol. The summed E-state index contributed by atoms with van der Waals surface area (Å²) in [5.41, 5.74) is 14.2. The summed E-state index contributed by atoms with van der Waals surface area (Å²) in [6.07, 6.45) is 2.27. The van der Waals surface area contributed by atoms with Crippen molar-refractivity contribution in [3.05, 3.63) is 107 Å². The van der Waals surface area contributed by atoms with Crippen LogP contribution in [-0.2, 0) is 12.8 Å². The van der Waals surface area contributed by atoms with Crippen molar-refractivity contribution in [3.8, 4) is 33.4 Å². The number of hydrogen-bond donors (Lipinski definition) is 0. The molecule has 0 amide bonds. The zero-order chi connectivity index (χ0) is 18.7. The van der Waals surface area contributed by atoms with Crippen LogP contribution >= 0.6 is 0 Å². The van der Waals surface area contributed by atoms with Crippen molar-refractivity contribution in [1.82, 2.24) is 0 Å². The Bertz CT molecular complexity index is 1230. The van der Waals surface area contributed by atoms with Crippen LogP contribution in [0.4, 0.5) is 0 Å². The summed E-state index contributed by atoms with van der Waals surface area (Å²) in [5, 5.41) is 0. The van der Waals surface area contributed by atoms with E-state index in [4.69, 9.17) is 0 Å². The van der Waals surface area contributed by atoms with Gasteiger partial charge in [0.15, 0.2) is 0 Å². The monoisotopic (exact) mass is 360 g/mol. The molecule has 136 valence electrons. The molecule has 1 atom stereocenters. The fourth-order valence-corrected chi connectivity index (χ4v) is 5.15. The molecule has 0 saturated carbocycles. The maximum atomic E-state index is 2.42. The van der Waals surface area contributed by atoms with Gasteiger partial charge >= 0.3 is 0 Å². The van der Waals surface area contributed by atoms with Gasteiger partial charge in [-0.2, -0.15) is 0 Å². The van der Waals surface area contributed by atoms with Crippen LogP contribution in [0.2, 0.25) is 0 Å². The third-order valence-corrected chi connectivity index (χ3v) is 6.65. The van der Waals surface area contributed by atoms with Gasteiger partial charge in [-0.25, -0.2) is 0 Å². The second kappa shape index (κ2) is 5.94. The molecule has 2 aliphatic rings. The third-order valence-electron chi connectivity index (χ3n) is 6.65. The number of rotatable bonds is 1. The van der Waals surface area contributed by atoms with E-state index in [9.17, 15) is 0 Å². The number of benzene rings is 4. The lowest BCUT2D eigenvalue weighted by Gasteiger charge is -2.20. The van der Waals surface area contributed by atoms with Crippen LogP contribution in [-0.4, -0.2) is 0 Å². The number of aryl methyl sites for hydroxylation is 2. The Labute approximate surface area is 168 Å². The summed E-state index contributed by atoms with van der Waals surface area (Å²) >= 11 is 0. The van der Waals surface area contributed by atoms with Crippen LogP contribution in [0, 0.1) is 0 Å². The topological polar surface area (TPSA) is 0 Å². The van der Waals surface area contributed by atoms with Gasteiger partial charge in [-0.05, 0) is 74.5 Å². The number of fused-ring (bicyclic) bond motifs is 6. The molecule has 2 aliphatic carbocycles. The minimum Gasteiger partial charge on any atom is -0.0620 e. The van der Waals surface area contributed by atoms with Crippen molar-refractivity contribution >= 4 is 0 Å². The van der Waals surface area contributed by atoms with E-state index in [-0.39, 0.29) is 1.43 Å². The number of hydrogen-bond acceptors (Lipinski definition) is 0. The van der Waals surface area contributed by atoms with Crippen LogP contribution in [0.25, 0.3) is 33.4 Å². The van der Waals surface area contributed by atoms with E-state index in [1.54, 1.807) is 0 Å². The smallest absolute Gasteiger partial charge is 0.00735 e. The zero-order valence-electron chi connectivity index (χ0n) is 16.1. The summed E-state index contributed by atoms with van der Waals surface area (Å²) in [5.74, 6) is 0.468. The maximum Gasteiger partial charge on any atom is 0.00735 e. The van der Waals surface area contributed by atoms with Crippen molar-refractivity contribution in [2.24, 2.45) is 0 Å². The molecule has 0 heteroatoms. The largest absolute Gasteiger partial charge is 0.0620 e. The fourth-order valence-electron chi connectivity index (χ4n) is 5.15. The molecule has 4 aromatic rings. The second-order valence-electron chi connectivity index (χ2n) is 8.14. The average molecular weight is 361 g/mol. The first-order chi connectivity index (χ1) is 13.8. The molecule has 0 heterocycles. The van der Waals surface area contributed by atoms with E-state index in [0.29, 0.717) is 5.92 Å². The lowest BCUT2D eigenvalue weighted by Crippen LogP contribution is -2.03. The highest BCUT2D eigenvalue weighted by Crippen LogP contribution is 2.46. The quantitative estimate of drug-likeness (QED) is 0.330. The van der Waals surface area contributed by atoms with Gasteiger partial charge in [0.05, 0.1) is 0 Å². The van der Waals surface area contributed by atoms with Crippen LogP contribution in [0.5, 0.6) is 0 Å². The molecule has 0 fully saturated rings. The second-order valence-corrected chi connectivity index (χ2v) is 8.14. The lowest BCUT2D eigenvalue weighted by molar-refractivity contribution is 0.942. The van der Waals surface area contributed by atoms with Gasteiger partial charge in [0, 0.05) is 7.34 Å². The first kappa shape index (κ1) is 15.9. The van der Waals surface area contributed by atoms with Gasteiger partial charge in [-0.3, -0.25) is 0 Å². The van der Waals surface area contributed by atoms with Crippen LogP contribution in [0.1, 0.15) is 36.5 Å². The van der Waals surface area contributed by atoms with E-state index in [1.807, 2.05) is 0 Å². The molecular weight excluding hydrogens is 336 g/mol. The van der Waals surface area contributed by atoms with E-state index < -0.39 is 0 Å². The van der Waals surface area contributed by atoms with Crippen LogP contribution in [0.3, 0.4) is 0 Å². The molecular formula is C28H24. The predicted octanol–water partition coefficient (Wildman–Crippen LogP) is 7.50. The Balaban J connectivity index is 0.00000181. The highest BCUT2D eigenvalue weighted by molar-refractivity contribution is 5.83. The van der Waals surface area contributed by atoms with Gasteiger partial charge in [-0.1, -0.05) is 85.8 Å². The molecule has 1 unspecified atom stereocenters. The third kappa shape index (κ3) is 2.24. The Morgan fingerprint density at radius 2 is 1.18 bits per heavy atom. The lowest BCUT2D eigenvalue weighted by atomic mass is 9.84. The van der Waals surface area contributed by atoms with Crippen molar-refractivity contribution in [2.45, 2.75) is 25.7 Å².